The lowest BCUT2D eigenvalue weighted by molar-refractivity contribution is -0.379. The summed E-state index contributed by atoms with van der Waals surface area (Å²) in [6.07, 6.45) is 61.4. The van der Waals surface area contributed by atoms with E-state index in [2.05, 4.69) is 55.6 Å². The molecule has 107 heavy (non-hydrogen) atoms. The van der Waals surface area contributed by atoms with Gasteiger partial charge in [0.2, 0.25) is 5.91 Å². The lowest BCUT2D eigenvalue weighted by atomic mass is 9.96. The number of hydrogen-bond donors (Lipinski definition) is 12. The van der Waals surface area contributed by atoms with Crippen LogP contribution >= 0.6 is 0 Å². The van der Waals surface area contributed by atoms with E-state index in [0.29, 0.717) is 12.8 Å². The number of rotatable bonds is 72. The molecule has 0 aromatic carbocycles. The number of ether oxygens (including phenoxy) is 6. The van der Waals surface area contributed by atoms with E-state index in [1.165, 1.54) is 295 Å². The second kappa shape index (κ2) is 68.2. The number of allylic oxidation sites excluding steroid dienone is 7. The Morgan fingerprint density at radius 1 is 0.327 bits per heavy atom. The van der Waals surface area contributed by atoms with Crippen molar-refractivity contribution in [3.63, 3.8) is 0 Å². The van der Waals surface area contributed by atoms with Gasteiger partial charge in [-0.2, -0.15) is 0 Å². The van der Waals surface area contributed by atoms with Gasteiger partial charge in [-0.15, -0.1) is 0 Å². The minimum absolute atomic E-state index is 0.236. The Morgan fingerprint density at radius 3 is 0.935 bits per heavy atom. The van der Waals surface area contributed by atoms with Gasteiger partial charge in [0.25, 0.3) is 0 Å². The quantitative estimate of drug-likeness (QED) is 0.0199. The van der Waals surface area contributed by atoms with Crippen molar-refractivity contribution in [2.75, 3.05) is 26.4 Å². The number of nitrogens with one attached hydrogen (secondary N) is 1. The molecule has 0 aromatic rings. The summed E-state index contributed by atoms with van der Waals surface area (Å²) in [5.74, 6) is -0.282. The van der Waals surface area contributed by atoms with Gasteiger partial charge in [-0.3, -0.25) is 4.79 Å². The molecule has 0 spiro atoms. The zero-order chi connectivity index (χ0) is 77.4. The van der Waals surface area contributed by atoms with Crippen LogP contribution in [0.4, 0.5) is 0 Å². The van der Waals surface area contributed by atoms with Gasteiger partial charge in [0, 0.05) is 6.42 Å². The smallest absolute Gasteiger partial charge is 0.220 e. The summed E-state index contributed by atoms with van der Waals surface area (Å²) in [6.45, 7) is 1.76. The standard InChI is InChI=1S/C88H163NO18/c1-3-5-7-9-11-13-15-17-19-21-23-25-27-28-29-30-31-32-33-34-35-36-37-38-39-40-41-42-44-46-48-50-52-54-56-58-60-62-64-66-76(94)89-71(72(93)65-63-61-59-57-55-53-51-49-47-45-43-26-24-22-20-18-16-14-12-10-8-6-4-2)70-102-86-82(100)79(97)84(74(68-91)104-86)107-88-83(101)80(98)85(75(69-92)105-88)106-87-81(99)78(96)77(95)73(67-90)103-87/h21,23,47,49,55,57,63,65,71-75,77-88,90-93,95-101H,3-20,22,24-46,48,50-54,56,58-62,64,66-70H2,1-2H3,(H,89,94)/b23-21-,49-47+,57-55+,65-63+. The maximum absolute atomic E-state index is 13.5. The highest BCUT2D eigenvalue weighted by Crippen LogP contribution is 2.33. The number of carbonyl (C=O) groups is 1. The van der Waals surface area contributed by atoms with Gasteiger partial charge in [0.05, 0.1) is 38.6 Å². The van der Waals surface area contributed by atoms with Gasteiger partial charge in [-0.25, -0.2) is 0 Å². The van der Waals surface area contributed by atoms with Crippen molar-refractivity contribution in [1.82, 2.24) is 5.32 Å². The summed E-state index contributed by atoms with van der Waals surface area (Å²) in [5, 5.41) is 121. The van der Waals surface area contributed by atoms with Crippen LogP contribution in [0, 0.1) is 0 Å². The third-order valence-electron chi connectivity index (χ3n) is 22.1. The third-order valence-corrected chi connectivity index (χ3v) is 22.1. The van der Waals surface area contributed by atoms with E-state index in [1.807, 2.05) is 6.08 Å². The molecule has 0 aliphatic carbocycles. The Labute approximate surface area is 650 Å². The monoisotopic (exact) mass is 1520 g/mol. The van der Waals surface area contributed by atoms with Crippen molar-refractivity contribution >= 4 is 5.91 Å². The van der Waals surface area contributed by atoms with E-state index in [0.717, 1.165) is 44.9 Å². The predicted octanol–water partition coefficient (Wildman–Crippen LogP) is 16.4. The van der Waals surface area contributed by atoms with Crippen molar-refractivity contribution in [1.29, 1.82) is 0 Å². The van der Waals surface area contributed by atoms with Crippen molar-refractivity contribution in [3.05, 3.63) is 48.6 Å². The van der Waals surface area contributed by atoms with E-state index >= 15 is 0 Å². The fraction of sp³-hybridized carbons (Fsp3) is 0.898. The van der Waals surface area contributed by atoms with Gasteiger partial charge in [0.15, 0.2) is 18.9 Å². The van der Waals surface area contributed by atoms with E-state index in [9.17, 15) is 61.0 Å². The fourth-order valence-electron chi connectivity index (χ4n) is 15.0. The molecular weight excluding hydrogens is 1360 g/mol. The van der Waals surface area contributed by atoms with Gasteiger partial charge >= 0.3 is 0 Å². The molecule has 3 aliphatic rings. The molecule has 3 saturated heterocycles. The predicted molar refractivity (Wildman–Crippen MR) is 429 cm³/mol. The SMILES string of the molecule is CCCCCCCCCC/C=C\CCCCCCCCCCCCCCCCCCCCCCCCCCCCCC(=O)NC(COC1OC(CO)C(OC2OC(CO)C(OC3OC(CO)C(O)C(O)C3O)C(O)C2O)C(O)C1O)C(O)/C=C/CC/C=C/CC/C=C/CCCCCCCCCCCCCCC. The molecule has 1 amide bonds. The molecule has 12 N–H and O–H groups in total. The third kappa shape index (κ3) is 47.3. The number of carbonyl (C=O) groups excluding carboxylic acids is 1. The topological polar surface area (TPSA) is 307 Å². The summed E-state index contributed by atoms with van der Waals surface area (Å²) >= 11 is 0. The molecule has 3 fully saturated rings. The Bertz CT molecular complexity index is 2120. The summed E-state index contributed by atoms with van der Waals surface area (Å²) in [5.41, 5.74) is 0. The van der Waals surface area contributed by atoms with Gasteiger partial charge < -0.3 is 89.9 Å². The zero-order valence-corrected chi connectivity index (χ0v) is 67.6. The molecule has 19 heteroatoms. The zero-order valence-electron chi connectivity index (χ0n) is 67.6. The summed E-state index contributed by atoms with van der Waals surface area (Å²) in [6, 6.07) is -0.997. The number of amides is 1. The highest BCUT2D eigenvalue weighted by Gasteiger charge is 2.54. The maximum atomic E-state index is 13.5. The average molecular weight is 1520 g/mol. The molecule has 0 saturated carbocycles. The molecule has 19 nitrogen and oxygen atoms in total. The lowest BCUT2D eigenvalue weighted by Crippen LogP contribution is -2.66. The van der Waals surface area contributed by atoms with Gasteiger partial charge in [-0.05, 0) is 70.6 Å². The average Bonchev–Trinajstić information content (AvgIpc) is 0.781. The highest BCUT2D eigenvalue weighted by molar-refractivity contribution is 5.76. The molecule has 0 bridgehead atoms. The first kappa shape index (κ1) is 98.9. The van der Waals surface area contributed by atoms with Crippen LogP contribution < -0.4 is 5.32 Å². The largest absolute Gasteiger partial charge is 0.394 e. The second-order valence-electron chi connectivity index (χ2n) is 31.7. The number of hydrogen-bond acceptors (Lipinski definition) is 18. The fourth-order valence-corrected chi connectivity index (χ4v) is 15.0. The highest BCUT2D eigenvalue weighted by atomic mass is 16.8. The van der Waals surface area contributed by atoms with Gasteiger partial charge in [0.1, 0.15) is 73.2 Å². The van der Waals surface area contributed by atoms with Crippen LogP contribution in [0.5, 0.6) is 0 Å². The molecule has 3 rings (SSSR count). The first-order chi connectivity index (χ1) is 52.3. The molecular formula is C88H163NO18. The minimum Gasteiger partial charge on any atom is -0.394 e. The van der Waals surface area contributed by atoms with Crippen LogP contribution in [0.15, 0.2) is 48.6 Å². The summed E-state index contributed by atoms with van der Waals surface area (Å²) in [7, 11) is 0. The molecule has 0 aromatic heterocycles. The van der Waals surface area contributed by atoms with Crippen LogP contribution in [0.2, 0.25) is 0 Å². The minimum atomic E-state index is -1.98. The van der Waals surface area contributed by atoms with Crippen LogP contribution in [-0.2, 0) is 33.2 Å². The number of aliphatic hydroxyl groups is 11. The Balaban J connectivity index is 1.31. The number of unbranched alkanes of at least 4 members (excludes halogenated alkanes) is 50. The van der Waals surface area contributed by atoms with Crippen LogP contribution in [-0.4, -0.2) is 193 Å². The first-order valence-corrected chi connectivity index (χ1v) is 44.4. The molecule has 628 valence electrons. The Hall–Kier alpha value is -2.25. The van der Waals surface area contributed by atoms with Crippen molar-refractivity contribution in [2.24, 2.45) is 0 Å². The van der Waals surface area contributed by atoms with Crippen LogP contribution in [0.25, 0.3) is 0 Å². The van der Waals surface area contributed by atoms with Crippen molar-refractivity contribution in [3.8, 4) is 0 Å². The van der Waals surface area contributed by atoms with E-state index in [4.69, 9.17) is 28.4 Å². The first-order valence-electron chi connectivity index (χ1n) is 44.4. The Morgan fingerprint density at radius 2 is 0.598 bits per heavy atom. The summed E-state index contributed by atoms with van der Waals surface area (Å²) in [4.78, 5) is 13.5. The van der Waals surface area contributed by atoms with E-state index < -0.39 is 124 Å². The molecule has 17 atom stereocenters. The number of aliphatic hydroxyl groups excluding tert-OH is 11. The normalized spacial score (nSPS) is 25.7. The van der Waals surface area contributed by atoms with E-state index in [1.54, 1.807) is 6.08 Å². The van der Waals surface area contributed by atoms with Crippen molar-refractivity contribution in [2.45, 2.75) is 478 Å². The van der Waals surface area contributed by atoms with Crippen LogP contribution in [0.3, 0.4) is 0 Å². The molecule has 3 aliphatic heterocycles. The Kier molecular flexibility index (Phi) is 63.0. The van der Waals surface area contributed by atoms with Crippen LogP contribution in [0.1, 0.15) is 373 Å². The molecule has 0 radical (unpaired) electrons. The molecule has 3 heterocycles. The van der Waals surface area contributed by atoms with E-state index in [-0.39, 0.29) is 18.9 Å². The lowest BCUT2D eigenvalue weighted by Gasteiger charge is -2.48. The summed E-state index contributed by atoms with van der Waals surface area (Å²) < 4.78 is 34.5. The van der Waals surface area contributed by atoms with Crippen molar-refractivity contribution < 1.29 is 89.4 Å². The maximum Gasteiger partial charge on any atom is 0.220 e. The second-order valence-corrected chi connectivity index (χ2v) is 31.7. The molecule has 17 unspecified atom stereocenters. The van der Waals surface area contributed by atoms with Gasteiger partial charge in [-0.1, -0.05) is 345 Å².